The van der Waals surface area contributed by atoms with E-state index in [1.54, 1.807) is 28.8 Å². The SMILES string of the molecule is CCCc1nc(C(C)(C)O)c(C(=O)O)n1Cc1ccc(-c2ccccc2-c2nnn(COC(=O)OCc3cccc(CON(O)O)c3)n2)cc1. The third kappa shape index (κ3) is 8.93. The number of carboxylic acid groups (broad SMARTS) is 1. The second-order valence-corrected chi connectivity index (χ2v) is 11.8. The molecule has 5 rings (SSSR count). The van der Waals surface area contributed by atoms with Crippen LogP contribution in [0.15, 0.2) is 72.8 Å². The lowest BCUT2D eigenvalue weighted by Gasteiger charge is -2.16. The van der Waals surface area contributed by atoms with Crippen molar-refractivity contribution < 1.29 is 44.5 Å². The molecule has 16 nitrogen and oxygen atoms in total. The molecule has 0 amide bonds. The summed E-state index contributed by atoms with van der Waals surface area (Å²) in [4.78, 5) is 34.7. The predicted molar refractivity (Wildman–Crippen MR) is 174 cm³/mol. The third-order valence-corrected chi connectivity index (χ3v) is 7.52. The first-order chi connectivity index (χ1) is 23.9. The van der Waals surface area contributed by atoms with E-state index in [2.05, 4.69) is 25.2 Å². The molecule has 2 heterocycles. The minimum absolute atomic E-state index is 0.0294. The lowest BCUT2D eigenvalue weighted by molar-refractivity contribution is -0.497. The second-order valence-electron chi connectivity index (χ2n) is 11.8. The van der Waals surface area contributed by atoms with Gasteiger partial charge in [-0.25, -0.2) is 19.4 Å². The number of aliphatic hydroxyl groups is 1. The van der Waals surface area contributed by atoms with Crippen LogP contribution in [0.1, 0.15) is 65.9 Å². The van der Waals surface area contributed by atoms with Crippen molar-refractivity contribution in [2.45, 2.75) is 65.7 Å². The summed E-state index contributed by atoms with van der Waals surface area (Å²) in [7, 11) is 0. The van der Waals surface area contributed by atoms with Gasteiger partial charge in [-0.2, -0.15) is 0 Å². The van der Waals surface area contributed by atoms with Crippen LogP contribution in [-0.4, -0.2) is 67.9 Å². The number of carbonyl (C=O) groups is 2. The molecular formula is C34H37N7O9. The Balaban J connectivity index is 1.25. The van der Waals surface area contributed by atoms with Crippen LogP contribution in [0.3, 0.4) is 0 Å². The number of aromatic carboxylic acids is 1. The van der Waals surface area contributed by atoms with E-state index < -0.39 is 17.7 Å². The highest BCUT2D eigenvalue weighted by atomic mass is 17.1. The average Bonchev–Trinajstić information content (AvgIpc) is 3.71. The zero-order valence-corrected chi connectivity index (χ0v) is 27.6. The highest BCUT2D eigenvalue weighted by Crippen LogP contribution is 2.31. The normalized spacial score (nSPS) is 11.6. The Morgan fingerprint density at radius 2 is 1.60 bits per heavy atom. The number of aromatic nitrogens is 6. The quantitative estimate of drug-likeness (QED) is 0.0848. The van der Waals surface area contributed by atoms with E-state index in [0.29, 0.717) is 34.8 Å². The minimum Gasteiger partial charge on any atom is -0.477 e. The Bertz CT molecular complexity index is 1930. The maximum atomic E-state index is 12.3. The average molecular weight is 688 g/mol. The van der Waals surface area contributed by atoms with Gasteiger partial charge in [-0.1, -0.05) is 79.7 Å². The molecule has 0 radical (unpaired) electrons. The molecule has 0 saturated carbocycles. The van der Waals surface area contributed by atoms with Crippen molar-refractivity contribution in [1.29, 1.82) is 0 Å². The molecule has 50 heavy (non-hydrogen) atoms. The number of imidazole rings is 1. The van der Waals surface area contributed by atoms with Crippen LogP contribution in [0.25, 0.3) is 22.5 Å². The molecular weight excluding hydrogens is 650 g/mol. The van der Waals surface area contributed by atoms with Crippen LogP contribution in [0.2, 0.25) is 0 Å². The van der Waals surface area contributed by atoms with Gasteiger partial charge in [0, 0.05) is 18.5 Å². The van der Waals surface area contributed by atoms with Crippen LogP contribution in [0.4, 0.5) is 4.79 Å². The zero-order valence-electron chi connectivity index (χ0n) is 27.6. The molecule has 0 bridgehead atoms. The summed E-state index contributed by atoms with van der Waals surface area (Å²) in [6.45, 7) is 4.75. The van der Waals surface area contributed by atoms with Crippen molar-refractivity contribution in [2.75, 3.05) is 0 Å². The molecule has 4 N–H and O–H groups in total. The summed E-state index contributed by atoms with van der Waals surface area (Å²) in [5.41, 5.74) is 3.15. The van der Waals surface area contributed by atoms with Crippen molar-refractivity contribution in [2.24, 2.45) is 0 Å². The van der Waals surface area contributed by atoms with Gasteiger partial charge in [-0.15, -0.1) is 15.0 Å². The number of carboxylic acids is 1. The van der Waals surface area contributed by atoms with Crippen molar-refractivity contribution in [3.63, 3.8) is 0 Å². The summed E-state index contributed by atoms with van der Waals surface area (Å²) in [5.74, 6) is -0.253. The van der Waals surface area contributed by atoms with Gasteiger partial charge in [0.2, 0.25) is 12.6 Å². The number of hydrogen-bond donors (Lipinski definition) is 4. The molecule has 0 fully saturated rings. The molecule has 262 valence electrons. The van der Waals surface area contributed by atoms with Gasteiger partial charge >= 0.3 is 12.1 Å². The van der Waals surface area contributed by atoms with E-state index >= 15 is 0 Å². The van der Waals surface area contributed by atoms with Gasteiger partial charge in [-0.3, -0.25) is 10.4 Å². The number of carbonyl (C=O) groups excluding carboxylic acids is 1. The Morgan fingerprint density at radius 3 is 2.26 bits per heavy atom. The highest BCUT2D eigenvalue weighted by molar-refractivity contribution is 5.87. The number of rotatable bonds is 15. The monoisotopic (exact) mass is 687 g/mol. The minimum atomic E-state index is -1.42. The first kappa shape index (κ1) is 35.8. The lowest BCUT2D eigenvalue weighted by Crippen LogP contribution is -2.22. The molecule has 5 aromatic rings. The fourth-order valence-electron chi connectivity index (χ4n) is 5.27. The number of ether oxygens (including phenoxy) is 2. The number of tetrazole rings is 1. The fraction of sp³-hybridized carbons (Fsp3) is 0.294. The lowest BCUT2D eigenvalue weighted by atomic mass is 9.98. The molecule has 16 heteroatoms. The van der Waals surface area contributed by atoms with Crippen LogP contribution < -0.4 is 0 Å². The van der Waals surface area contributed by atoms with Crippen LogP contribution >= 0.6 is 0 Å². The van der Waals surface area contributed by atoms with Gasteiger partial charge in [0.25, 0.3) is 0 Å². The highest BCUT2D eigenvalue weighted by Gasteiger charge is 2.31. The molecule has 0 spiro atoms. The van der Waals surface area contributed by atoms with Gasteiger partial charge in [0.15, 0.2) is 5.69 Å². The van der Waals surface area contributed by atoms with Crippen molar-refractivity contribution in [3.05, 3.63) is 107 Å². The van der Waals surface area contributed by atoms with Gasteiger partial charge in [-0.05, 0) is 53.3 Å². The standard InChI is InChI=1S/C34H37N7O9/c1-4-8-28-35-30(34(2,3)45)29(32(42)43)39(28)18-22-13-15-25(16-14-22)26-11-5-6-12-27(26)31-36-38-40(37-31)21-49-33(44)48-19-23-9-7-10-24(17-23)20-50-41(46)47/h5-7,9-17,45-47H,4,8,18-21H2,1-3H3,(H,42,43). The number of hydrogen-bond acceptors (Lipinski definition) is 13. The first-order valence-corrected chi connectivity index (χ1v) is 15.6. The molecule has 0 aliphatic rings. The molecule has 3 aromatic carbocycles. The Hall–Kier alpha value is -5.52. The number of aryl methyl sites for hydroxylation is 1. The molecule has 2 aromatic heterocycles. The van der Waals surface area contributed by atoms with Crippen LogP contribution in [-0.2, 0) is 52.8 Å². The largest absolute Gasteiger partial charge is 0.510 e. The van der Waals surface area contributed by atoms with E-state index in [4.69, 9.17) is 19.9 Å². The summed E-state index contributed by atoms with van der Waals surface area (Å²) in [5, 5.41) is 50.2. The van der Waals surface area contributed by atoms with Crippen LogP contribution in [0.5, 0.6) is 0 Å². The Labute approximate surface area is 286 Å². The summed E-state index contributed by atoms with van der Waals surface area (Å²) in [6, 6.07) is 21.9. The van der Waals surface area contributed by atoms with E-state index in [0.717, 1.165) is 27.9 Å². The zero-order chi connectivity index (χ0) is 35.8. The van der Waals surface area contributed by atoms with E-state index in [-0.39, 0.29) is 43.3 Å². The van der Waals surface area contributed by atoms with Gasteiger partial charge in [0.1, 0.15) is 23.7 Å². The Kier molecular flexibility index (Phi) is 11.3. The van der Waals surface area contributed by atoms with Crippen molar-refractivity contribution in [3.8, 4) is 22.5 Å². The predicted octanol–water partition coefficient (Wildman–Crippen LogP) is 4.95. The number of nitrogens with zero attached hydrogens (tertiary/aromatic N) is 7. The summed E-state index contributed by atoms with van der Waals surface area (Å²) < 4.78 is 11.9. The van der Waals surface area contributed by atoms with Crippen molar-refractivity contribution >= 4 is 12.1 Å². The molecule has 0 unspecified atom stereocenters. The third-order valence-electron chi connectivity index (χ3n) is 7.52. The Morgan fingerprint density at radius 1 is 0.900 bits per heavy atom. The summed E-state index contributed by atoms with van der Waals surface area (Å²) >= 11 is 0. The van der Waals surface area contributed by atoms with E-state index in [1.165, 1.54) is 13.8 Å². The van der Waals surface area contributed by atoms with Crippen LogP contribution in [0, 0.1) is 0 Å². The summed E-state index contributed by atoms with van der Waals surface area (Å²) in [6.07, 6.45) is 0.370. The fourth-order valence-corrected chi connectivity index (χ4v) is 5.27. The molecule has 0 aliphatic heterocycles. The molecule has 0 atom stereocenters. The van der Waals surface area contributed by atoms with Crippen molar-refractivity contribution in [1.82, 2.24) is 35.1 Å². The van der Waals surface area contributed by atoms with Gasteiger partial charge < -0.3 is 24.3 Å². The van der Waals surface area contributed by atoms with E-state index in [9.17, 15) is 19.8 Å². The first-order valence-electron chi connectivity index (χ1n) is 15.6. The number of benzene rings is 3. The van der Waals surface area contributed by atoms with E-state index in [1.807, 2.05) is 55.5 Å². The topological polar surface area (TPSA) is 207 Å². The maximum Gasteiger partial charge on any atom is 0.510 e. The smallest absolute Gasteiger partial charge is 0.477 e. The second kappa shape index (κ2) is 15.8. The molecule has 0 saturated heterocycles. The molecule has 0 aliphatic carbocycles. The van der Waals surface area contributed by atoms with Gasteiger partial charge in [0.05, 0.1) is 12.0 Å². The maximum absolute atomic E-state index is 12.3.